The highest BCUT2D eigenvalue weighted by Crippen LogP contribution is 2.39. The highest BCUT2D eigenvalue weighted by molar-refractivity contribution is 8.00. The van der Waals surface area contributed by atoms with Crippen LogP contribution in [0.4, 0.5) is 0 Å². The van der Waals surface area contributed by atoms with Gasteiger partial charge < -0.3 is 5.32 Å². The van der Waals surface area contributed by atoms with Crippen molar-refractivity contribution in [2.45, 2.75) is 57.5 Å². The number of aromatic nitrogens is 2. The minimum Gasteiger partial charge on any atom is -0.353 e. The second-order valence-electron chi connectivity index (χ2n) is 6.12. The lowest BCUT2D eigenvalue weighted by molar-refractivity contribution is -0.119. The van der Waals surface area contributed by atoms with Crippen molar-refractivity contribution in [1.29, 1.82) is 5.26 Å². The van der Waals surface area contributed by atoms with Crippen molar-refractivity contribution in [2.75, 3.05) is 5.75 Å². The largest absolute Gasteiger partial charge is 0.353 e. The smallest absolute Gasteiger partial charge is 0.230 e. The van der Waals surface area contributed by atoms with Crippen LogP contribution in [-0.4, -0.2) is 27.7 Å². The molecule has 1 aliphatic carbocycles. The average Bonchev–Trinajstić information content (AvgIpc) is 3.28. The maximum atomic E-state index is 12.0. The quantitative estimate of drug-likeness (QED) is 0.644. The number of thioether (sulfide) groups is 1. The molecule has 0 spiro atoms. The molecule has 6 heteroatoms. The Morgan fingerprint density at radius 1 is 1.41 bits per heavy atom. The molecule has 0 saturated heterocycles. The fraction of sp³-hybridized carbons (Fsp3) is 0.625. The fourth-order valence-electron chi connectivity index (χ4n) is 1.92. The van der Waals surface area contributed by atoms with Crippen LogP contribution >= 0.6 is 11.8 Å². The zero-order valence-corrected chi connectivity index (χ0v) is 14.3. The van der Waals surface area contributed by atoms with Crippen LogP contribution in [0.2, 0.25) is 0 Å². The molecular weight excluding hydrogens is 296 g/mol. The van der Waals surface area contributed by atoms with Crippen molar-refractivity contribution in [1.82, 2.24) is 15.3 Å². The first-order chi connectivity index (χ1) is 10.4. The number of carbonyl (C=O) groups excluding carboxylic acids is 1. The van der Waals surface area contributed by atoms with Crippen LogP contribution in [0.1, 0.15) is 56.6 Å². The van der Waals surface area contributed by atoms with Gasteiger partial charge in [-0.2, -0.15) is 5.26 Å². The summed E-state index contributed by atoms with van der Waals surface area (Å²) in [6, 6.07) is 2.29. The van der Waals surface area contributed by atoms with Crippen molar-refractivity contribution in [2.24, 2.45) is 5.92 Å². The van der Waals surface area contributed by atoms with Gasteiger partial charge in [0.15, 0.2) is 0 Å². The van der Waals surface area contributed by atoms with Gasteiger partial charge in [-0.25, -0.2) is 9.97 Å². The van der Waals surface area contributed by atoms with Gasteiger partial charge in [-0.3, -0.25) is 4.79 Å². The van der Waals surface area contributed by atoms with Crippen LogP contribution in [0.25, 0.3) is 0 Å². The Morgan fingerprint density at radius 3 is 2.64 bits per heavy atom. The Kier molecular flexibility index (Phi) is 5.41. The van der Waals surface area contributed by atoms with Gasteiger partial charge in [0.25, 0.3) is 0 Å². The molecule has 5 nitrogen and oxygen atoms in total. The van der Waals surface area contributed by atoms with E-state index in [0.29, 0.717) is 28.1 Å². The van der Waals surface area contributed by atoms with Crippen LogP contribution in [-0.2, 0) is 4.79 Å². The lowest BCUT2D eigenvalue weighted by atomic mass is 10.1. The third-order valence-corrected chi connectivity index (χ3v) is 4.83. The molecule has 1 N–H and O–H groups in total. The van der Waals surface area contributed by atoms with E-state index >= 15 is 0 Å². The van der Waals surface area contributed by atoms with Gasteiger partial charge in [0.2, 0.25) is 5.91 Å². The van der Waals surface area contributed by atoms with E-state index in [4.69, 9.17) is 0 Å². The lowest BCUT2D eigenvalue weighted by Crippen LogP contribution is -2.37. The van der Waals surface area contributed by atoms with Gasteiger partial charge in [-0.05, 0) is 32.6 Å². The first-order valence-corrected chi connectivity index (χ1v) is 8.61. The van der Waals surface area contributed by atoms with E-state index < -0.39 is 0 Å². The molecule has 1 aromatic rings. The Labute approximate surface area is 135 Å². The van der Waals surface area contributed by atoms with Crippen molar-refractivity contribution < 1.29 is 4.79 Å². The molecule has 1 aliphatic rings. The van der Waals surface area contributed by atoms with E-state index in [0.717, 1.165) is 18.7 Å². The number of hydrogen-bond acceptors (Lipinski definition) is 5. The third kappa shape index (κ3) is 4.20. The van der Waals surface area contributed by atoms with E-state index in [9.17, 15) is 10.1 Å². The molecule has 0 aliphatic heterocycles. The second-order valence-corrected chi connectivity index (χ2v) is 7.09. The molecule has 1 aromatic heterocycles. The van der Waals surface area contributed by atoms with Crippen LogP contribution in [0.5, 0.6) is 0 Å². The molecule has 1 fully saturated rings. The van der Waals surface area contributed by atoms with E-state index in [1.165, 1.54) is 11.8 Å². The number of hydrogen-bond donors (Lipinski definition) is 1. The first kappa shape index (κ1) is 16.8. The molecule has 22 heavy (non-hydrogen) atoms. The molecule has 1 atom stereocenters. The van der Waals surface area contributed by atoms with Crippen molar-refractivity contribution in [3.63, 3.8) is 0 Å². The number of nitriles is 1. The topological polar surface area (TPSA) is 78.7 Å². The first-order valence-electron chi connectivity index (χ1n) is 7.63. The number of rotatable bonds is 6. The maximum Gasteiger partial charge on any atom is 0.230 e. The van der Waals surface area contributed by atoms with Crippen molar-refractivity contribution in [3.8, 4) is 6.07 Å². The van der Waals surface area contributed by atoms with E-state index in [-0.39, 0.29) is 17.7 Å². The normalized spacial score (nSPS) is 15.5. The highest BCUT2D eigenvalue weighted by atomic mass is 32.2. The molecule has 1 heterocycles. The SMILES string of the molecule is Cc1nc(C2CC2)nc(SCC(=O)N[C@H](C)C(C)C)c1C#N. The molecule has 0 unspecified atom stereocenters. The van der Waals surface area contributed by atoms with Crippen molar-refractivity contribution in [3.05, 3.63) is 17.1 Å². The zero-order valence-electron chi connectivity index (χ0n) is 13.5. The standard InChI is InChI=1S/C16H22N4OS/c1-9(2)10(3)18-14(21)8-22-16-13(7-17)11(4)19-15(20-16)12-5-6-12/h9-10,12H,5-6,8H2,1-4H3,(H,18,21)/t10-/m1/s1. The Bertz CT molecular complexity index is 605. The van der Waals surface area contributed by atoms with Gasteiger partial charge in [-0.15, -0.1) is 0 Å². The molecule has 0 aromatic carbocycles. The van der Waals surface area contributed by atoms with Gasteiger partial charge in [0, 0.05) is 12.0 Å². The predicted molar refractivity (Wildman–Crippen MR) is 86.6 cm³/mol. The summed E-state index contributed by atoms with van der Waals surface area (Å²) in [5.41, 5.74) is 1.19. The number of amides is 1. The Hall–Kier alpha value is -1.61. The number of nitrogens with zero attached hydrogens (tertiary/aromatic N) is 3. The van der Waals surface area contributed by atoms with Crippen LogP contribution in [0, 0.1) is 24.2 Å². The third-order valence-electron chi connectivity index (χ3n) is 3.86. The molecule has 0 radical (unpaired) electrons. The average molecular weight is 318 g/mol. The summed E-state index contributed by atoms with van der Waals surface area (Å²) in [4.78, 5) is 20.9. The predicted octanol–water partition coefficient (Wildman–Crippen LogP) is 2.79. The second kappa shape index (κ2) is 7.10. The van der Waals surface area contributed by atoms with Crippen molar-refractivity contribution >= 4 is 17.7 Å². The molecule has 1 saturated carbocycles. The Balaban J connectivity index is 2.05. The van der Waals surface area contributed by atoms with Gasteiger partial charge >= 0.3 is 0 Å². The number of nitrogens with one attached hydrogen (secondary N) is 1. The minimum absolute atomic E-state index is 0.0284. The number of carbonyl (C=O) groups is 1. The van der Waals surface area contributed by atoms with E-state index in [2.05, 4.69) is 35.2 Å². The van der Waals surface area contributed by atoms with Gasteiger partial charge in [-0.1, -0.05) is 25.6 Å². The van der Waals surface area contributed by atoms with Crippen LogP contribution < -0.4 is 5.32 Å². The molecule has 118 valence electrons. The maximum absolute atomic E-state index is 12.0. The van der Waals surface area contributed by atoms with Crippen LogP contribution in [0.15, 0.2) is 5.03 Å². The summed E-state index contributed by atoms with van der Waals surface area (Å²) in [5, 5.41) is 12.9. The van der Waals surface area contributed by atoms with Crippen LogP contribution in [0.3, 0.4) is 0 Å². The molecule has 0 bridgehead atoms. The fourth-order valence-corrected chi connectivity index (χ4v) is 2.77. The summed E-state index contributed by atoms with van der Waals surface area (Å²) in [6.07, 6.45) is 2.23. The van der Waals surface area contributed by atoms with E-state index in [1.807, 2.05) is 13.8 Å². The molecule has 1 amide bonds. The monoisotopic (exact) mass is 318 g/mol. The zero-order chi connectivity index (χ0) is 16.3. The summed E-state index contributed by atoms with van der Waals surface area (Å²) < 4.78 is 0. The summed E-state index contributed by atoms with van der Waals surface area (Å²) >= 11 is 1.32. The number of aryl methyl sites for hydroxylation is 1. The van der Waals surface area contributed by atoms with E-state index in [1.54, 1.807) is 0 Å². The highest BCUT2D eigenvalue weighted by Gasteiger charge is 2.28. The summed E-state index contributed by atoms with van der Waals surface area (Å²) in [5.74, 6) is 1.88. The molecule has 2 rings (SSSR count). The lowest BCUT2D eigenvalue weighted by Gasteiger charge is -2.17. The Morgan fingerprint density at radius 2 is 2.09 bits per heavy atom. The molecular formula is C16H22N4OS. The minimum atomic E-state index is -0.0284. The van der Waals surface area contributed by atoms with Gasteiger partial charge in [0.1, 0.15) is 22.5 Å². The van der Waals surface area contributed by atoms with Gasteiger partial charge in [0.05, 0.1) is 11.4 Å². The summed E-state index contributed by atoms with van der Waals surface area (Å²) in [6.45, 7) is 7.97. The summed E-state index contributed by atoms with van der Waals surface area (Å²) in [7, 11) is 0.